The first-order valence-corrected chi connectivity index (χ1v) is 7.85. The van der Waals surface area contributed by atoms with Crippen LogP contribution in [0.3, 0.4) is 0 Å². The number of rotatable bonds is 2. The number of halogens is 1. The molecule has 4 nitrogen and oxygen atoms in total. The number of anilines is 1. The van der Waals surface area contributed by atoms with Gasteiger partial charge in [0.2, 0.25) is 0 Å². The van der Waals surface area contributed by atoms with E-state index in [1.165, 1.54) is 22.5 Å². The molecule has 3 rings (SSSR count). The number of benzene rings is 2. The summed E-state index contributed by atoms with van der Waals surface area (Å²) in [6.07, 6.45) is 0.0442. The number of hydrogen-bond donors (Lipinski definition) is 0. The van der Waals surface area contributed by atoms with Gasteiger partial charge in [0.15, 0.2) is 5.78 Å². The number of ketones is 1. The molecule has 1 aliphatic heterocycles. The second-order valence-electron chi connectivity index (χ2n) is 4.72. The van der Waals surface area contributed by atoms with Crippen molar-refractivity contribution in [3.8, 4) is 0 Å². The fourth-order valence-electron chi connectivity index (χ4n) is 2.38. The topological polar surface area (TPSA) is 54.5 Å². The van der Waals surface area contributed by atoms with E-state index in [1.54, 1.807) is 18.2 Å². The molecule has 0 atom stereocenters. The quantitative estimate of drug-likeness (QED) is 0.857. The van der Waals surface area contributed by atoms with E-state index < -0.39 is 15.8 Å². The number of hydrogen-bond acceptors (Lipinski definition) is 3. The summed E-state index contributed by atoms with van der Waals surface area (Å²) < 4.78 is 39.8. The lowest BCUT2D eigenvalue weighted by Crippen LogP contribution is -2.37. The summed E-state index contributed by atoms with van der Waals surface area (Å²) in [6, 6.07) is 11.6. The molecule has 0 aliphatic carbocycles. The maximum Gasteiger partial charge on any atom is 0.264 e. The highest BCUT2D eigenvalue weighted by atomic mass is 32.2. The second kappa shape index (κ2) is 4.96. The maximum atomic E-state index is 13.3. The number of carbonyl (C=O) groups excluding carboxylic acids is 1. The van der Waals surface area contributed by atoms with Crippen molar-refractivity contribution in [2.24, 2.45) is 0 Å². The van der Waals surface area contributed by atoms with Crippen molar-refractivity contribution in [3.05, 3.63) is 59.9 Å². The molecule has 21 heavy (non-hydrogen) atoms. The summed E-state index contributed by atoms with van der Waals surface area (Å²) in [5.74, 6) is -0.801. The van der Waals surface area contributed by atoms with Gasteiger partial charge in [0, 0.05) is 18.5 Å². The average Bonchev–Trinajstić information content (AvgIpc) is 2.49. The minimum atomic E-state index is -3.75. The molecule has 0 fully saturated rings. The van der Waals surface area contributed by atoms with Crippen molar-refractivity contribution in [1.29, 1.82) is 0 Å². The Morgan fingerprint density at radius 3 is 2.48 bits per heavy atom. The van der Waals surface area contributed by atoms with E-state index in [9.17, 15) is 17.6 Å². The minimum Gasteiger partial charge on any atom is -0.294 e. The van der Waals surface area contributed by atoms with Crippen molar-refractivity contribution < 1.29 is 17.6 Å². The number of fused-ring (bicyclic) bond motifs is 1. The Kier molecular flexibility index (Phi) is 3.25. The minimum absolute atomic E-state index is 0.0442. The molecule has 0 saturated carbocycles. The number of nitrogens with zero attached hydrogens (tertiary/aromatic N) is 1. The summed E-state index contributed by atoms with van der Waals surface area (Å²) in [5, 5.41) is 0. The van der Waals surface area contributed by atoms with Gasteiger partial charge in [-0.2, -0.15) is 0 Å². The first kappa shape index (κ1) is 13.8. The average molecular weight is 305 g/mol. The van der Waals surface area contributed by atoms with E-state index in [1.807, 2.05) is 0 Å². The Bertz CT molecular complexity index is 803. The second-order valence-corrected chi connectivity index (χ2v) is 6.59. The smallest absolute Gasteiger partial charge is 0.264 e. The summed E-state index contributed by atoms with van der Waals surface area (Å²) in [4.78, 5) is 12.0. The Morgan fingerprint density at radius 2 is 1.76 bits per heavy atom. The van der Waals surface area contributed by atoms with Gasteiger partial charge in [0.05, 0.1) is 10.6 Å². The molecule has 0 amide bonds. The van der Waals surface area contributed by atoms with Crippen LogP contribution in [0.25, 0.3) is 0 Å². The standard InChI is InChI=1S/C15H12FNO3S/c16-11-6-7-14-13(10-11)15(18)8-9-17(14)21(19,20)12-4-2-1-3-5-12/h1-7,10H,8-9H2. The molecule has 2 aromatic carbocycles. The summed E-state index contributed by atoms with van der Waals surface area (Å²) in [5.41, 5.74) is 0.345. The van der Waals surface area contributed by atoms with Gasteiger partial charge in [-0.15, -0.1) is 0 Å². The molecular formula is C15H12FNO3S. The van der Waals surface area contributed by atoms with Crippen LogP contribution in [0.15, 0.2) is 53.4 Å². The predicted octanol–water partition coefficient (Wildman–Crippen LogP) is 2.61. The SMILES string of the molecule is O=C1CCN(S(=O)(=O)c2ccccc2)c2ccc(F)cc21. The van der Waals surface area contributed by atoms with Gasteiger partial charge >= 0.3 is 0 Å². The highest BCUT2D eigenvalue weighted by Crippen LogP contribution is 2.32. The fourth-order valence-corrected chi connectivity index (χ4v) is 3.88. The summed E-state index contributed by atoms with van der Waals surface area (Å²) in [7, 11) is -3.75. The first-order chi connectivity index (χ1) is 10.00. The van der Waals surface area contributed by atoms with Crippen LogP contribution in [0.1, 0.15) is 16.8 Å². The molecular weight excluding hydrogens is 293 g/mol. The molecule has 0 radical (unpaired) electrons. The van der Waals surface area contributed by atoms with Gasteiger partial charge < -0.3 is 0 Å². The Hall–Kier alpha value is -2.21. The normalized spacial score (nSPS) is 14.9. The van der Waals surface area contributed by atoms with Crippen LogP contribution < -0.4 is 4.31 Å². The monoisotopic (exact) mass is 305 g/mol. The van der Waals surface area contributed by atoms with Crippen LogP contribution in [-0.4, -0.2) is 20.7 Å². The predicted molar refractivity (Wildman–Crippen MR) is 76.3 cm³/mol. The van der Waals surface area contributed by atoms with E-state index in [0.29, 0.717) is 0 Å². The van der Waals surface area contributed by atoms with Crippen LogP contribution in [-0.2, 0) is 10.0 Å². The van der Waals surface area contributed by atoms with E-state index >= 15 is 0 Å². The Balaban J connectivity index is 2.14. The van der Waals surface area contributed by atoms with Gasteiger partial charge in [0.25, 0.3) is 10.0 Å². The number of carbonyl (C=O) groups is 1. The third-order valence-corrected chi connectivity index (χ3v) is 5.23. The van der Waals surface area contributed by atoms with Crippen molar-refractivity contribution in [2.45, 2.75) is 11.3 Å². The Morgan fingerprint density at radius 1 is 1.05 bits per heavy atom. The molecule has 0 saturated heterocycles. The van der Waals surface area contributed by atoms with Crippen LogP contribution >= 0.6 is 0 Å². The number of Topliss-reactive ketones (excluding diaryl/α,β-unsaturated/α-hetero) is 1. The van der Waals surface area contributed by atoms with Gasteiger partial charge in [-0.25, -0.2) is 12.8 Å². The molecule has 0 aromatic heterocycles. The molecule has 1 heterocycles. The lowest BCUT2D eigenvalue weighted by atomic mass is 10.0. The fraction of sp³-hybridized carbons (Fsp3) is 0.133. The zero-order valence-electron chi connectivity index (χ0n) is 11.0. The largest absolute Gasteiger partial charge is 0.294 e. The summed E-state index contributed by atoms with van der Waals surface area (Å²) >= 11 is 0. The lowest BCUT2D eigenvalue weighted by molar-refractivity contribution is 0.0981. The molecule has 0 bridgehead atoms. The van der Waals surface area contributed by atoms with Crippen molar-refractivity contribution in [3.63, 3.8) is 0 Å². The molecule has 6 heteroatoms. The Labute approximate surface area is 121 Å². The third-order valence-electron chi connectivity index (χ3n) is 3.40. The first-order valence-electron chi connectivity index (χ1n) is 6.41. The molecule has 1 aliphatic rings. The van der Waals surface area contributed by atoms with Crippen LogP contribution in [0.5, 0.6) is 0 Å². The molecule has 0 spiro atoms. The molecule has 108 valence electrons. The van der Waals surface area contributed by atoms with E-state index in [4.69, 9.17) is 0 Å². The maximum absolute atomic E-state index is 13.3. The third kappa shape index (κ3) is 2.31. The van der Waals surface area contributed by atoms with Gasteiger partial charge in [-0.05, 0) is 30.3 Å². The highest BCUT2D eigenvalue weighted by molar-refractivity contribution is 7.92. The highest BCUT2D eigenvalue weighted by Gasteiger charge is 2.32. The van der Waals surface area contributed by atoms with Gasteiger partial charge in [-0.1, -0.05) is 18.2 Å². The van der Waals surface area contributed by atoms with Crippen LogP contribution in [0.4, 0.5) is 10.1 Å². The van der Waals surface area contributed by atoms with E-state index in [0.717, 1.165) is 12.1 Å². The van der Waals surface area contributed by atoms with E-state index in [2.05, 4.69) is 0 Å². The summed E-state index contributed by atoms with van der Waals surface area (Å²) in [6.45, 7) is 0.0642. The molecule has 2 aromatic rings. The number of sulfonamides is 1. The van der Waals surface area contributed by atoms with Gasteiger partial charge in [0.1, 0.15) is 5.82 Å². The lowest BCUT2D eigenvalue weighted by Gasteiger charge is -2.29. The van der Waals surface area contributed by atoms with Crippen LogP contribution in [0, 0.1) is 5.82 Å². The molecule has 0 N–H and O–H groups in total. The zero-order valence-corrected chi connectivity index (χ0v) is 11.8. The van der Waals surface area contributed by atoms with Crippen LogP contribution in [0.2, 0.25) is 0 Å². The zero-order chi connectivity index (χ0) is 15.0. The van der Waals surface area contributed by atoms with Crippen molar-refractivity contribution >= 4 is 21.5 Å². The molecule has 0 unspecified atom stereocenters. The van der Waals surface area contributed by atoms with E-state index in [-0.39, 0.29) is 34.9 Å². The van der Waals surface area contributed by atoms with Crippen molar-refractivity contribution in [2.75, 3.05) is 10.8 Å². The van der Waals surface area contributed by atoms with Gasteiger partial charge in [-0.3, -0.25) is 9.10 Å². The van der Waals surface area contributed by atoms with Crippen molar-refractivity contribution in [1.82, 2.24) is 0 Å².